The number of amides is 2. The molecule has 2 fully saturated rings. The van der Waals surface area contributed by atoms with Crippen molar-refractivity contribution in [1.29, 1.82) is 0 Å². The Balaban J connectivity index is 1.49. The molecule has 1 saturated heterocycles. The number of benzene rings is 1. The van der Waals surface area contributed by atoms with Crippen LogP contribution < -0.4 is 0 Å². The molecule has 3 rings (SSSR count). The van der Waals surface area contributed by atoms with E-state index < -0.39 is 5.60 Å². The Morgan fingerprint density at radius 3 is 2.17 bits per heavy atom. The Bertz CT molecular complexity index is 601. The zero-order valence-electron chi connectivity index (χ0n) is 14.7. The number of hydrogen-bond donors (Lipinski definition) is 0. The summed E-state index contributed by atoms with van der Waals surface area (Å²) in [6.45, 7) is 7.86. The minimum Gasteiger partial charge on any atom is -0.444 e. The van der Waals surface area contributed by atoms with Gasteiger partial charge in [-0.1, -0.05) is 30.3 Å². The van der Waals surface area contributed by atoms with Gasteiger partial charge in [0.2, 0.25) is 5.91 Å². The van der Waals surface area contributed by atoms with E-state index in [4.69, 9.17) is 4.74 Å². The van der Waals surface area contributed by atoms with E-state index in [9.17, 15) is 9.59 Å². The number of carbonyl (C=O) groups is 2. The lowest BCUT2D eigenvalue weighted by Crippen LogP contribution is -2.52. The van der Waals surface area contributed by atoms with Gasteiger partial charge in [0.1, 0.15) is 5.60 Å². The van der Waals surface area contributed by atoms with Crippen LogP contribution in [0.4, 0.5) is 4.79 Å². The highest BCUT2D eigenvalue weighted by atomic mass is 16.6. The van der Waals surface area contributed by atoms with Gasteiger partial charge in [0, 0.05) is 32.1 Å². The van der Waals surface area contributed by atoms with Crippen molar-refractivity contribution in [1.82, 2.24) is 9.80 Å². The Kier molecular flexibility index (Phi) is 4.52. The average Bonchev–Trinajstić information content (AvgIpc) is 3.34. The van der Waals surface area contributed by atoms with Crippen molar-refractivity contribution in [3.05, 3.63) is 35.9 Å². The van der Waals surface area contributed by atoms with Crippen molar-refractivity contribution >= 4 is 12.0 Å². The molecule has 130 valence electrons. The van der Waals surface area contributed by atoms with E-state index in [1.807, 2.05) is 43.9 Å². The van der Waals surface area contributed by atoms with Crippen LogP contribution in [0.3, 0.4) is 0 Å². The van der Waals surface area contributed by atoms with Crippen LogP contribution in [0.2, 0.25) is 0 Å². The third-order valence-corrected chi connectivity index (χ3v) is 4.58. The highest BCUT2D eigenvalue weighted by Crippen LogP contribution is 2.48. The summed E-state index contributed by atoms with van der Waals surface area (Å²) in [7, 11) is 0. The highest BCUT2D eigenvalue weighted by Gasteiger charge is 2.46. The van der Waals surface area contributed by atoms with Gasteiger partial charge in [-0.05, 0) is 38.7 Å². The molecule has 1 heterocycles. The number of piperazine rings is 1. The molecule has 0 aromatic heterocycles. The molecule has 0 radical (unpaired) electrons. The minimum absolute atomic E-state index is 0.112. The fourth-order valence-corrected chi connectivity index (χ4v) is 3.21. The van der Waals surface area contributed by atoms with E-state index in [-0.39, 0.29) is 17.9 Å². The summed E-state index contributed by atoms with van der Waals surface area (Å²) < 4.78 is 5.39. The standard InChI is InChI=1S/C19H26N2O3/c1-19(2,3)24-18(23)21-11-9-20(10-12-21)17(22)16-13-15(16)14-7-5-4-6-8-14/h4-8,15-16H,9-13H2,1-3H3. The molecule has 1 aromatic rings. The third-order valence-electron chi connectivity index (χ3n) is 4.58. The predicted molar refractivity (Wildman–Crippen MR) is 91.7 cm³/mol. The summed E-state index contributed by atoms with van der Waals surface area (Å²) in [4.78, 5) is 28.3. The number of rotatable bonds is 2. The molecular weight excluding hydrogens is 304 g/mol. The molecule has 0 bridgehead atoms. The van der Waals surface area contributed by atoms with Gasteiger partial charge in [-0.2, -0.15) is 0 Å². The van der Waals surface area contributed by atoms with E-state index >= 15 is 0 Å². The van der Waals surface area contributed by atoms with Crippen molar-refractivity contribution < 1.29 is 14.3 Å². The van der Waals surface area contributed by atoms with E-state index in [1.165, 1.54) is 5.56 Å². The molecule has 2 atom stereocenters. The second kappa shape index (κ2) is 6.46. The molecule has 5 heteroatoms. The molecule has 2 amide bonds. The summed E-state index contributed by atoms with van der Waals surface area (Å²) in [5.74, 6) is 0.704. The lowest BCUT2D eigenvalue weighted by atomic mass is 10.1. The quantitative estimate of drug-likeness (QED) is 0.838. The molecular formula is C19H26N2O3. The van der Waals surface area contributed by atoms with Crippen LogP contribution in [0.25, 0.3) is 0 Å². The Morgan fingerprint density at radius 2 is 1.58 bits per heavy atom. The molecule has 1 aliphatic heterocycles. The fraction of sp³-hybridized carbons (Fsp3) is 0.579. The maximum atomic E-state index is 12.6. The SMILES string of the molecule is CC(C)(C)OC(=O)N1CCN(C(=O)C2CC2c2ccccc2)CC1. The largest absolute Gasteiger partial charge is 0.444 e. The first-order valence-electron chi connectivity index (χ1n) is 8.67. The van der Waals surface area contributed by atoms with Crippen LogP contribution in [-0.2, 0) is 9.53 Å². The van der Waals surface area contributed by atoms with Gasteiger partial charge in [-0.3, -0.25) is 4.79 Å². The van der Waals surface area contributed by atoms with Crippen LogP contribution in [0, 0.1) is 5.92 Å². The summed E-state index contributed by atoms with van der Waals surface area (Å²) in [6, 6.07) is 10.2. The van der Waals surface area contributed by atoms with Crippen LogP contribution in [0.5, 0.6) is 0 Å². The first kappa shape index (κ1) is 16.8. The Labute approximate surface area is 143 Å². The fourth-order valence-electron chi connectivity index (χ4n) is 3.21. The lowest BCUT2D eigenvalue weighted by Gasteiger charge is -2.35. The highest BCUT2D eigenvalue weighted by molar-refractivity contribution is 5.83. The van der Waals surface area contributed by atoms with Crippen molar-refractivity contribution in [3.63, 3.8) is 0 Å². The number of hydrogen-bond acceptors (Lipinski definition) is 3. The van der Waals surface area contributed by atoms with Crippen molar-refractivity contribution in [2.45, 2.75) is 38.7 Å². The second-order valence-corrected chi connectivity index (χ2v) is 7.65. The summed E-state index contributed by atoms with van der Waals surface area (Å²) in [5.41, 5.74) is 0.768. The summed E-state index contributed by atoms with van der Waals surface area (Å²) >= 11 is 0. The first-order chi connectivity index (χ1) is 11.3. The molecule has 0 N–H and O–H groups in total. The average molecular weight is 330 g/mol. The number of nitrogens with zero attached hydrogens (tertiary/aromatic N) is 2. The molecule has 2 unspecified atom stereocenters. The van der Waals surface area contributed by atoms with Crippen LogP contribution in [-0.4, -0.2) is 53.6 Å². The van der Waals surface area contributed by atoms with E-state index in [0.717, 1.165) is 6.42 Å². The van der Waals surface area contributed by atoms with Gasteiger partial charge in [-0.25, -0.2) is 4.79 Å². The van der Waals surface area contributed by atoms with E-state index in [2.05, 4.69) is 12.1 Å². The smallest absolute Gasteiger partial charge is 0.410 e. The Morgan fingerprint density at radius 1 is 1.00 bits per heavy atom. The molecule has 1 saturated carbocycles. The second-order valence-electron chi connectivity index (χ2n) is 7.65. The molecule has 2 aliphatic rings. The van der Waals surface area contributed by atoms with Crippen molar-refractivity contribution in [2.75, 3.05) is 26.2 Å². The van der Waals surface area contributed by atoms with E-state index in [0.29, 0.717) is 32.1 Å². The van der Waals surface area contributed by atoms with Crippen molar-refractivity contribution in [2.24, 2.45) is 5.92 Å². The lowest BCUT2D eigenvalue weighted by molar-refractivity contribution is -0.134. The summed E-state index contributed by atoms with van der Waals surface area (Å²) in [6.07, 6.45) is 0.651. The van der Waals surface area contributed by atoms with Crippen molar-refractivity contribution in [3.8, 4) is 0 Å². The predicted octanol–water partition coefficient (Wildman–Crippen LogP) is 2.87. The monoisotopic (exact) mass is 330 g/mol. The van der Waals surface area contributed by atoms with Crippen LogP contribution >= 0.6 is 0 Å². The molecule has 5 nitrogen and oxygen atoms in total. The van der Waals surface area contributed by atoms with Gasteiger partial charge < -0.3 is 14.5 Å². The zero-order valence-corrected chi connectivity index (χ0v) is 14.7. The Hall–Kier alpha value is -2.04. The number of carbonyl (C=O) groups excluding carboxylic acids is 2. The van der Waals surface area contributed by atoms with E-state index in [1.54, 1.807) is 4.90 Å². The maximum Gasteiger partial charge on any atom is 0.410 e. The zero-order chi connectivity index (χ0) is 17.3. The normalized spacial score (nSPS) is 23.8. The van der Waals surface area contributed by atoms with Gasteiger partial charge in [0.15, 0.2) is 0 Å². The molecule has 1 aliphatic carbocycles. The van der Waals surface area contributed by atoms with Gasteiger partial charge >= 0.3 is 6.09 Å². The third kappa shape index (κ3) is 3.89. The number of ether oxygens (including phenoxy) is 1. The molecule has 24 heavy (non-hydrogen) atoms. The van der Waals surface area contributed by atoms with Gasteiger partial charge in [0.25, 0.3) is 0 Å². The minimum atomic E-state index is -0.485. The summed E-state index contributed by atoms with van der Waals surface area (Å²) in [5, 5.41) is 0. The van der Waals surface area contributed by atoms with Gasteiger partial charge in [0.05, 0.1) is 0 Å². The van der Waals surface area contributed by atoms with Crippen LogP contribution in [0.1, 0.15) is 38.7 Å². The maximum absolute atomic E-state index is 12.6. The molecule has 0 spiro atoms. The van der Waals surface area contributed by atoms with Crippen LogP contribution in [0.15, 0.2) is 30.3 Å². The first-order valence-corrected chi connectivity index (χ1v) is 8.67. The molecule has 1 aromatic carbocycles. The van der Waals surface area contributed by atoms with Gasteiger partial charge in [-0.15, -0.1) is 0 Å². The topological polar surface area (TPSA) is 49.9 Å².